The van der Waals surface area contributed by atoms with Crippen LogP contribution in [0.5, 0.6) is 0 Å². The Morgan fingerprint density at radius 2 is 1.88 bits per heavy atom. The lowest BCUT2D eigenvalue weighted by molar-refractivity contribution is -0.00630. The van der Waals surface area contributed by atoms with Crippen LogP contribution >= 0.6 is 0 Å². The van der Waals surface area contributed by atoms with E-state index in [1.807, 2.05) is 0 Å². The van der Waals surface area contributed by atoms with Gasteiger partial charge in [0.1, 0.15) is 0 Å². The second kappa shape index (κ2) is 5.71. The van der Waals surface area contributed by atoms with Gasteiger partial charge in [-0.05, 0) is 43.9 Å². The average molecular weight is 239 g/mol. The van der Waals surface area contributed by atoms with Crippen molar-refractivity contribution in [2.45, 2.75) is 77.5 Å². The molecule has 0 aromatic carbocycles. The van der Waals surface area contributed by atoms with Gasteiger partial charge in [0.25, 0.3) is 0 Å². The van der Waals surface area contributed by atoms with Crippen LogP contribution in [0.25, 0.3) is 0 Å². The zero-order valence-corrected chi connectivity index (χ0v) is 11.7. The van der Waals surface area contributed by atoms with Crippen LogP contribution < -0.4 is 0 Å². The van der Waals surface area contributed by atoms with Crippen molar-refractivity contribution < 1.29 is 5.11 Å². The van der Waals surface area contributed by atoms with E-state index in [9.17, 15) is 5.11 Å². The van der Waals surface area contributed by atoms with Gasteiger partial charge in [0.2, 0.25) is 0 Å². The van der Waals surface area contributed by atoms with Crippen LogP contribution in [0.3, 0.4) is 0 Å². The molecule has 2 fully saturated rings. The maximum absolute atomic E-state index is 10.3. The molecule has 2 aliphatic carbocycles. The normalized spacial score (nSPS) is 34.6. The van der Waals surface area contributed by atoms with Crippen molar-refractivity contribution in [1.29, 1.82) is 0 Å². The highest BCUT2D eigenvalue weighted by molar-refractivity contribution is 4.94. The Morgan fingerprint density at radius 1 is 1.18 bits per heavy atom. The molecular formula is C15H29NO. The molecule has 0 aromatic rings. The molecule has 0 heterocycles. The maximum Gasteiger partial charge on any atom is 0.0695 e. The van der Waals surface area contributed by atoms with Gasteiger partial charge >= 0.3 is 0 Å². The third-order valence-electron chi connectivity index (χ3n) is 4.48. The topological polar surface area (TPSA) is 23.5 Å². The second-order valence-electron chi connectivity index (χ2n) is 6.54. The fourth-order valence-electron chi connectivity index (χ4n) is 3.33. The van der Waals surface area contributed by atoms with Crippen LogP contribution in [0.15, 0.2) is 0 Å². The molecule has 2 nitrogen and oxygen atoms in total. The molecule has 0 saturated heterocycles. The number of hydrogen-bond acceptors (Lipinski definition) is 2. The molecule has 3 unspecified atom stereocenters. The van der Waals surface area contributed by atoms with E-state index in [1.165, 1.54) is 38.6 Å². The summed E-state index contributed by atoms with van der Waals surface area (Å²) in [4.78, 5) is 2.64. The summed E-state index contributed by atoms with van der Waals surface area (Å²) in [6.07, 6.45) is 7.39. The van der Waals surface area contributed by atoms with Crippen molar-refractivity contribution in [1.82, 2.24) is 4.90 Å². The van der Waals surface area contributed by atoms with Crippen LogP contribution in [-0.2, 0) is 0 Å². The van der Waals surface area contributed by atoms with E-state index in [2.05, 4.69) is 25.7 Å². The van der Waals surface area contributed by atoms with Crippen LogP contribution in [0, 0.1) is 11.8 Å². The summed E-state index contributed by atoms with van der Waals surface area (Å²) in [5, 5.41) is 10.3. The molecule has 2 rings (SSSR count). The molecule has 1 N–H and O–H groups in total. The van der Waals surface area contributed by atoms with E-state index in [0.717, 1.165) is 18.4 Å². The lowest BCUT2D eigenvalue weighted by Crippen LogP contribution is -2.49. The van der Waals surface area contributed by atoms with Gasteiger partial charge in [-0.1, -0.05) is 27.2 Å². The van der Waals surface area contributed by atoms with Gasteiger partial charge in [0.15, 0.2) is 0 Å². The number of nitrogens with zero attached hydrogens (tertiary/aromatic N) is 1. The van der Waals surface area contributed by atoms with Crippen molar-refractivity contribution in [3.8, 4) is 0 Å². The minimum Gasteiger partial charge on any atom is -0.391 e. The van der Waals surface area contributed by atoms with Crippen molar-refractivity contribution in [3.05, 3.63) is 0 Å². The molecule has 17 heavy (non-hydrogen) atoms. The van der Waals surface area contributed by atoms with E-state index in [-0.39, 0.29) is 6.10 Å². The fourth-order valence-corrected chi connectivity index (χ4v) is 3.33. The average Bonchev–Trinajstić information content (AvgIpc) is 3.10. The Morgan fingerprint density at radius 3 is 2.41 bits per heavy atom. The summed E-state index contributed by atoms with van der Waals surface area (Å²) in [5.74, 6) is 1.56. The van der Waals surface area contributed by atoms with Crippen molar-refractivity contribution in [3.63, 3.8) is 0 Å². The molecular weight excluding hydrogens is 210 g/mol. The molecule has 0 aliphatic heterocycles. The van der Waals surface area contributed by atoms with Crippen LogP contribution in [0.1, 0.15) is 59.3 Å². The van der Waals surface area contributed by atoms with E-state index >= 15 is 0 Å². The molecule has 2 heteroatoms. The van der Waals surface area contributed by atoms with Gasteiger partial charge in [-0.25, -0.2) is 0 Å². The zero-order chi connectivity index (χ0) is 12.4. The Balaban J connectivity index is 1.99. The molecule has 2 aliphatic rings. The predicted molar refractivity (Wildman–Crippen MR) is 72.0 cm³/mol. The van der Waals surface area contributed by atoms with Crippen molar-refractivity contribution in [2.75, 3.05) is 6.54 Å². The van der Waals surface area contributed by atoms with Gasteiger partial charge in [-0.3, -0.25) is 4.90 Å². The second-order valence-corrected chi connectivity index (χ2v) is 6.54. The number of rotatable bonds is 5. The third kappa shape index (κ3) is 3.45. The van der Waals surface area contributed by atoms with E-state index in [4.69, 9.17) is 0 Å². The van der Waals surface area contributed by atoms with Crippen LogP contribution in [0.2, 0.25) is 0 Å². The first kappa shape index (κ1) is 13.4. The maximum atomic E-state index is 10.3. The van der Waals surface area contributed by atoms with E-state index in [0.29, 0.717) is 12.0 Å². The molecule has 100 valence electrons. The van der Waals surface area contributed by atoms with Crippen LogP contribution in [-0.4, -0.2) is 34.7 Å². The summed E-state index contributed by atoms with van der Waals surface area (Å²) >= 11 is 0. The lowest BCUT2D eigenvalue weighted by Gasteiger charge is -2.41. The minimum absolute atomic E-state index is 0.0721. The quantitative estimate of drug-likeness (QED) is 0.797. The van der Waals surface area contributed by atoms with Gasteiger partial charge in [0, 0.05) is 18.6 Å². The van der Waals surface area contributed by atoms with E-state index in [1.54, 1.807) is 0 Å². The van der Waals surface area contributed by atoms with Gasteiger partial charge in [-0.15, -0.1) is 0 Å². The predicted octanol–water partition coefficient (Wildman–Crippen LogP) is 3.05. The van der Waals surface area contributed by atoms with Crippen molar-refractivity contribution in [2.24, 2.45) is 11.8 Å². The zero-order valence-electron chi connectivity index (χ0n) is 11.7. The number of hydrogen-bond donors (Lipinski definition) is 1. The highest BCUT2D eigenvalue weighted by Gasteiger charge is 2.39. The van der Waals surface area contributed by atoms with Gasteiger partial charge in [0.05, 0.1) is 6.10 Å². The molecule has 0 radical (unpaired) electrons. The fraction of sp³-hybridized carbons (Fsp3) is 1.00. The van der Waals surface area contributed by atoms with Gasteiger partial charge in [-0.2, -0.15) is 0 Å². The summed E-state index contributed by atoms with van der Waals surface area (Å²) in [6.45, 7) is 8.05. The summed E-state index contributed by atoms with van der Waals surface area (Å²) in [7, 11) is 0. The monoisotopic (exact) mass is 239 g/mol. The number of aliphatic hydroxyl groups excluding tert-OH is 1. The summed E-state index contributed by atoms with van der Waals surface area (Å²) in [6, 6.07) is 1.23. The summed E-state index contributed by atoms with van der Waals surface area (Å²) in [5.41, 5.74) is 0. The lowest BCUT2D eigenvalue weighted by atomic mass is 9.81. The molecule has 0 amide bonds. The molecule has 3 atom stereocenters. The largest absolute Gasteiger partial charge is 0.391 e. The SMILES string of the molecule is CCC1CCC(O)C(N(CC(C)C)C2CC2)C1. The van der Waals surface area contributed by atoms with Crippen molar-refractivity contribution >= 4 is 0 Å². The first-order valence-electron chi connectivity index (χ1n) is 7.55. The highest BCUT2D eigenvalue weighted by atomic mass is 16.3. The summed E-state index contributed by atoms with van der Waals surface area (Å²) < 4.78 is 0. The Bertz CT molecular complexity index is 237. The molecule has 0 aromatic heterocycles. The highest BCUT2D eigenvalue weighted by Crippen LogP contribution is 2.36. The Hall–Kier alpha value is -0.0800. The molecule has 0 bridgehead atoms. The van der Waals surface area contributed by atoms with E-state index < -0.39 is 0 Å². The van der Waals surface area contributed by atoms with Gasteiger partial charge < -0.3 is 5.11 Å². The number of aliphatic hydroxyl groups is 1. The Kier molecular flexibility index (Phi) is 4.48. The standard InChI is InChI=1S/C15H29NO/c1-4-12-5-8-15(17)14(9-12)16(10-11(2)3)13-6-7-13/h11-15,17H,4-10H2,1-3H3. The third-order valence-corrected chi connectivity index (χ3v) is 4.48. The van der Waals surface area contributed by atoms with Crippen LogP contribution in [0.4, 0.5) is 0 Å². The molecule has 0 spiro atoms. The molecule has 2 saturated carbocycles. The first-order chi connectivity index (χ1) is 8.11. The minimum atomic E-state index is -0.0721. The Labute approximate surface area is 106 Å². The smallest absolute Gasteiger partial charge is 0.0695 e. The first-order valence-corrected chi connectivity index (χ1v) is 7.55.